The second-order valence-corrected chi connectivity index (χ2v) is 5.07. The van der Waals surface area contributed by atoms with E-state index < -0.39 is 0 Å². The summed E-state index contributed by atoms with van der Waals surface area (Å²) in [6.07, 6.45) is 0. The predicted molar refractivity (Wildman–Crippen MR) is 78.8 cm³/mol. The molecule has 5 nitrogen and oxygen atoms in total. The third kappa shape index (κ3) is 2.30. The zero-order chi connectivity index (χ0) is 14.1. The Balaban J connectivity index is 1.74. The van der Waals surface area contributed by atoms with Gasteiger partial charge in [-0.1, -0.05) is 41.6 Å². The van der Waals surface area contributed by atoms with E-state index in [0.717, 1.165) is 29.5 Å². The van der Waals surface area contributed by atoms with Gasteiger partial charge in [-0.3, -0.25) is 0 Å². The minimum absolute atomic E-state index is 0.00577. The van der Waals surface area contributed by atoms with E-state index in [9.17, 15) is 0 Å². The maximum Gasteiger partial charge on any atom is 0.258 e. The summed E-state index contributed by atoms with van der Waals surface area (Å²) in [4.78, 5) is 4.53. The molecule has 0 amide bonds. The third-order valence-electron chi connectivity index (χ3n) is 3.70. The van der Waals surface area contributed by atoms with Crippen molar-refractivity contribution in [2.24, 2.45) is 0 Å². The van der Waals surface area contributed by atoms with Crippen LogP contribution in [0.4, 0.5) is 0 Å². The molecule has 21 heavy (non-hydrogen) atoms. The lowest BCUT2D eigenvalue weighted by Gasteiger charge is -2.20. The number of nitrogens with zero attached hydrogens (tertiary/aromatic N) is 2. The van der Waals surface area contributed by atoms with Crippen molar-refractivity contribution in [3.8, 4) is 11.5 Å². The number of fused-ring (bicyclic) bond motifs is 1. The minimum Gasteiger partial charge on any atom is -0.378 e. The van der Waals surface area contributed by atoms with Gasteiger partial charge in [0, 0.05) is 12.1 Å². The average Bonchev–Trinajstić information content (AvgIpc) is 3.05. The van der Waals surface area contributed by atoms with Crippen LogP contribution in [0.2, 0.25) is 0 Å². The molecule has 0 aliphatic carbocycles. The summed E-state index contributed by atoms with van der Waals surface area (Å²) < 4.78 is 10.9. The number of hydrogen-bond acceptors (Lipinski definition) is 5. The predicted octanol–water partition coefficient (Wildman–Crippen LogP) is 2.55. The fourth-order valence-corrected chi connectivity index (χ4v) is 2.63. The Hall–Kier alpha value is -2.24. The molecule has 106 valence electrons. The topological polar surface area (TPSA) is 60.2 Å². The molecule has 1 N–H and O–H groups in total. The van der Waals surface area contributed by atoms with Crippen LogP contribution in [0.1, 0.15) is 11.9 Å². The van der Waals surface area contributed by atoms with Crippen molar-refractivity contribution in [3.05, 3.63) is 48.3 Å². The van der Waals surface area contributed by atoms with Crippen LogP contribution in [-0.2, 0) is 4.74 Å². The lowest BCUT2D eigenvalue weighted by atomic mass is 10.0. The molecule has 2 aromatic carbocycles. The van der Waals surface area contributed by atoms with E-state index in [4.69, 9.17) is 9.26 Å². The van der Waals surface area contributed by atoms with Gasteiger partial charge in [-0.15, -0.1) is 0 Å². The van der Waals surface area contributed by atoms with Crippen LogP contribution in [-0.4, -0.2) is 29.9 Å². The van der Waals surface area contributed by atoms with E-state index in [0.29, 0.717) is 18.3 Å². The Labute approximate surface area is 121 Å². The maximum absolute atomic E-state index is 5.46. The van der Waals surface area contributed by atoms with Crippen LogP contribution in [0.15, 0.2) is 47.0 Å². The molecule has 0 unspecified atom stereocenters. The van der Waals surface area contributed by atoms with Crippen molar-refractivity contribution in [3.63, 3.8) is 0 Å². The Morgan fingerprint density at radius 1 is 1.10 bits per heavy atom. The molecule has 5 heteroatoms. The Kier molecular flexibility index (Phi) is 3.14. The van der Waals surface area contributed by atoms with Gasteiger partial charge in [-0.25, -0.2) is 0 Å². The van der Waals surface area contributed by atoms with Crippen LogP contribution < -0.4 is 5.32 Å². The van der Waals surface area contributed by atoms with E-state index in [-0.39, 0.29) is 6.04 Å². The first-order valence-electron chi connectivity index (χ1n) is 7.05. The highest BCUT2D eigenvalue weighted by Gasteiger charge is 2.21. The van der Waals surface area contributed by atoms with Crippen LogP contribution in [0.5, 0.6) is 0 Å². The highest BCUT2D eigenvalue weighted by atomic mass is 16.5. The van der Waals surface area contributed by atoms with Crippen LogP contribution in [0.3, 0.4) is 0 Å². The fourth-order valence-electron chi connectivity index (χ4n) is 2.63. The molecule has 1 atom stereocenters. The Morgan fingerprint density at radius 2 is 2.00 bits per heavy atom. The standard InChI is InChI=1S/C16H15N3O2/c1-2-6-12-11(4-1)5-3-7-13(12)16-18-15(19-21-16)14-10-20-9-8-17-14/h1-7,14,17H,8-10H2/t14-/m0/s1. The zero-order valence-corrected chi connectivity index (χ0v) is 11.5. The quantitative estimate of drug-likeness (QED) is 0.782. The number of nitrogens with one attached hydrogen (secondary N) is 1. The monoisotopic (exact) mass is 281 g/mol. The highest BCUT2D eigenvalue weighted by molar-refractivity contribution is 5.94. The van der Waals surface area contributed by atoms with E-state index in [1.54, 1.807) is 0 Å². The van der Waals surface area contributed by atoms with E-state index >= 15 is 0 Å². The first-order chi connectivity index (χ1) is 10.4. The summed E-state index contributed by atoms with van der Waals surface area (Å²) in [5, 5.41) is 9.70. The average molecular weight is 281 g/mol. The van der Waals surface area contributed by atoms with Crippen LogP contribution >= 0.6 is 0 Å². The van der Waals surface area contributed by atoms with E-state index in [1.807, 2.05) is 24.3 Å². The van der Waals surface area contributed by atoms with Gasteiger partial charge in [-0.2, -0.15) is 4.98 Å². The third-order valence-corrected chi connectivity index (χ3v) is 3.70. The smallest absolute Gasteiger partial charge is 0.258 e. The lowest BCUT2D eigenvalue weighted by Crippen LogP contribution is -2.35. The van der Waals surface area contributed by atoms with E-state index in [2.05, 4.69) is 33.7 Å². The van der Waals surface area contributed by atoms with Gasteiger partial charge in [0.1, 0.15) is 0 Å². The van der Waals surface area contributed by atoms with E-state index in [1.165, 1.54) is 0 Å². The van der Waals surface area contributed by atoms with Crippen molar-refractivity contribution < 1.29 is 9.26 Å². The van der Waals surface area contributed by atoms with Crippen molar-refractivity contribution in [1.29, 1.82) is 0 Å². The molecular formula is C16H15N3O2. The Morgan fingerprint density at radius 3 is 2.90 bits per heavy atom. The molecule has 0 radical (unpaired) electrons. The summed E-state index contributed by atoms with van der Waals surface area (Å²) in [5.41, 5.74) is 0.962. The number of morpholine rings is 1. The lowest BCUT2D eigenvalue weighted by molar-refractivity contribution is 0.0734. The summed E-state index contributed by atoms with van der Waals surface area (Å²) >= 11 is 0. The van der Waals surface area contributed by atoms with Crippen molar-refractivity contribution in [2.75, 3.05) is 19.8 Å². The molecule has 0 saturated carbocycles. The summed E-state index contributed by atoms with van der Waals surface area (Å²) in [6, 6.07) is 14.3. The first kappa shape index (κ1) is 12.5. The van der Waals surface area contributed by atoms with Gasteiger partial charge >= 0.3 is 0 Å². The van der Waals surface area contributed by atoms with Gasteiger partial charge in [0.2, 0.25) is 0 Å². The Bertz CT molecular complexity index is 758. The molecule has 1 saturated heterocycles. The van der Waals surface area contributed by atoms with Crippen molar-refractivity contribution in [1.82, 2.24) is 15.5 Å². The van der Waals surface area contributed by atoms with Gasteiger partial charge in [0.25, 0.3) is 5.89 Å². The highest BCUT2D eigenvalue weighted by Crippen LogP contribution is 2.28. The number of aromatic nitrogens is 2. The van der Waals surface area contributed by atoms with Gasteiger partial charge in [0.05, 0.1) is 19.3 Å². The number of ether oxygens (including phenoxy) is 1. The van der Waals surface area contributed by atoms with Gasteiger partial charge < -0.3 is 14.6 Å². The van der Waals surface area contributed by atoms with Gasteiger partial charge in [-0.05, 0) is 16.8 Å². The summed E-state index contributed by atoms with van der Waals surface area (Å²) in [7, 11) is 0. The second kappa shape index (κ2) is 5.27. The number of benzene rings is 2. The molecule has 1 aliphatic rings. The SMILES string of the molecule is c1ccc2c(-c3nc([C@@H]4COCCN4)no3)cccc2c1. The van der Waals surface area contributed by atoms with Gasteiger partial charge in [0.15, 0.2) is 5.82 Å². The molecule has 0 spiro atoms. The zero-order valence-electron chi connectivity index (χ0n) is 11.5. The summed E-state index contributed by atoms with van der Waals surface area (Å²) in [5.74, 6) is 1.20. The molecule has 3 aromatic rings. The molecule has 1 aromatic heterocycles. The van der Waals surface area contributed by atoms with Crippen LogP contribution in [0.25, 0.3) is 22.2 Å². The molecular weight excluding hydrogens is 266 g/mol. The van der Waals surface area contributed by atoms with Crippen molar-refractivity contribution >= 4 is 10.8 Å². The minimum atomic E-state index is 0.00577. The second-order valence-electron chi connectivity index (χ2n) is 5.07. The van der Waals surface area contributed by atoms with Crippen molar-refractivity contribution in [2.45, 2.75) is 6.04 Å². The molecule has 0 bridgehead atoms. The first-order valence-corrected chi connectivity index (χ1v) is 7.05. The van der Waals surface area contributed by atoms with Crippen LogP contribution in [0, 0.1) is 0 Å². The molecule has 1 fully saturated rings. The molecule has 2 heterocycles. The fraction of sp³-hybridized carbons (Fsp3) is 0.250. The summed E-state index contributed by atoms with van der Waals surface area (Å²) in [6.45, 7) is 2.11. The normalized spacial score (nSPS) is 19.0. The number of rotatable bonds is 2. The molecule has 1 aliphatic heterocycles. The largest absolute Gasteiger partial charge is 0.378 e. The molecule has 4 rings (SSSR count). The number of hydrogen-bond donors (Lipinski definition) is 1. The maximum atomic E-state index is 5.46.